The average molecular weight is 280 g/mol. The number of aryl methyl sites for hydroxylation is 1. The summed E-state index contributed by atoms with van der Waals surface area (Å²) in [6.07, 6.45) is 3.24. The van der Waals surface area contributed by atoms with Crippen LogP contribution < -0.4 is 0 Å². The second-order valence-corrected chi connectivity index (χ2v) is 4.97. The zero-order valence-corrected chi connectivity index (χ0v) is 11.7. The minimum atomic E-state index is -0.00138. The van der Waals surface area contributed by atoms with E-state index in [2.05, 4.69) is 17.0 Å². The molecule has 2 rings (SSSR count). The van der Waals surface area contributed by atoms with Crippen molar-refractivity contribution in [2.75, 3.05) is 6.61 Å². The second kappa shape index (κ2) is 6.68. The van der Waals surface area contributed by atoms with E-state index in [4.69, 9.17) is 11.6 Å². The highest BCUT2D eigenvalue weighted by atomic mass is 35.5. The standard InChI is InChI=1S/C14H18ClN3O/c1-2-6-18-14(16-10-17-18)8-12(9-19)11-4-3-5-13(15)7-11/h3-5,7,10,12,19H,2,6,8-9H2,1H3. The molecule has 0 spiro atoms. The maximum absolute atomic E-state index is 9.59. The average Bonchev–Trinajstić information content (AvgIpc) is 2.84. The van der Waals surface area contributed by atoms with E-state index in [0.717, 1.165) is 24.4 Å². The van der Waals surface area contributed by atoms with Crippen molar-refractivity contribution in [3.05, 3.63) is 47.0 Å². The molecule has 1 aromatic heterocycles. The van der Waals surface area contributed by atoms with E-state index in [1.807, 2.05) is 28.9 Å². The Hall–Kier alpha value is -1.39. The summed E-state index contributed by atoms with van der Waals surface area (Å²) >= 11 is 5.99. The van der Waals surface area contributed by atoms with Crippen molar-refractivity contribution < 1.29 is 5.11 Å². The molecule has 0 bridgehead atoms. The van der Waals surface area contributed by atoms with Gasteiger partial charge < -0.3 is 5.11 Å². The molecule has 1 unspecified atom stereocenters. The molecule has 5 heteroatoms. The Labute approximate surface area is 118 Å². The molecular weight excluding hydrogens is 262 g/mol. The molecule has 0 amide bonds. The molecule has 102 valence electrons. The summed E-state index contributed by atoms with van der Waals surface area (Å²) in [5.74, 6) is 0.902. The molecule has 19 heavy (non-hydrogen) atoms. The number of hydrogen-bond donors (Lipinski definition) is 1. The first-order chi connectivity index (χ1) is 9.24. The lowest BCUT2D eigenvalue weighted by molar-refractivity contribution is 0.262. The molecule has 1 heterocycles. The predicted molar refractivity (Wildman–Crippen MR) is 75.3 cm³/mol. The molecule has 4 nitrogen and oxygen atoms in total. The highest BCUT2D eigenvalue weighted by molar-refractivity contribution is 6.30. The van der Waals surface area contributed by atoms with Crippen LogP contribution in [0.25, 0.3) is 0 Å². The zero-order valence-electron chi connectivity index (χ0n) is 11.0. The highest BCUT2D eigenvalue weighted by Crippen LogP contribution is 2.22. The van der Waals surface area contributed by atoms with Crippen LogP contribution in [0, 0.1) is 0 Å². The fourth-order valence-electron chi connectivity index (χ4n) is 2.11. The van der Waals surface area contributed by atoms with Crippen molar-refractivity contribution >= 4 is 11.6 Å². The lowest BCUT2D eigenvalue weighted by atomic mass is 9.96. The highest BCUT2D eigenvalue weighted by Gasteiger charge is 2.15. The van der Waals surface area contributed by atoms with Crippen molar-refractivity contribution in [3.63, 3.8) is 0 Å². The van der Waals surface area contributed by atoms with Crippen molar-refractivity contribution in [3.8, 4) is 0 Å². The molecule has 0 saturated heterocycles. The lowest BCUT2D eigenvalue weighted by Gasteiger charge is -2.15. The van der Waals surface area contributed by atoms with Crippen molar-refractivity contribution in [1.29, 1.82) is 0 Å². The quantitative estimate of drug-likeness (QED) is 0.884. The van der Waals surface area contributed by atoms with Gasteiger partial charge in [-0.1, -0.05) is 30.7 Å². The largest absolute Gasteiger partial charge is 0.396 e. The molecular formula is C14H18ClN3O. The number of aliphatic hydroxyl groups excluding tert-OH is 1. The van der Waals surface area contributed by atoms with Crippen LogP contribution in [-0.2, 0) is 13.0 Å². The Morgan fingerprint density at radius 3 is 2.95 bits per heavy atom. The first-order valence-corrected chi connectivity index (χ1v) is 6.85. The van der Waals surface area contributed by atoms with E-state index >= 15 is 0 Å². The van der Waals surface area contributed by atoms with Gasteiger partial charge in [-0.3, -0.25) is 4.68 Å². The van der Waals surface area contributed by atoms with Gasteiger partial charge in [-0.25, -0.2) is 4.98 Å². The minimum absolute atomic E-state index is 0.00138. The summed E-state index contributed by atoms with van der Waals surface area (Å²) in [7, 11) is 0. The SMILES string of the molecule is CCCn1ncnc1CC(CO)c1cccc(Cl)c1. The van der Waals surface area contributed by atoms with Gasteiger partial charge in [0.05, 0.1) is 6.61 Å². The third kappa shape index (κ3) is 3.55. The van der Waals surface area contributed by atoms with Gasteiger partial charge >= 0.3 is 0 Å². The third-order valence-corrected chi connectivity index (χ3v) is 3.34. The fraction of sp³-hybridized carbons (Fsp3) is 0.429. The first-order valence-electron chi connectivity index (χ1n) is 6.47. The summed E-state index contributed by atoms with van der Waals surface area (Å²) in [5, 5.41) is 14.5. The van der Waals surface area contributed by atoms with Crippen LogP contribution in [-0.4, -0.2) is 26.5 Å². The zero-order chi connectivity index (χ0) is 13.7. The van der Waals surface area contributed by atoms with E-state index in [1.54, 1.807) is 6.33 Å². The smallest absolute Gasteiger partial charge is 0.138 e. The van der Waals surface area contributed by atoms with Crippen LogP contribution in [0.15, 0.2) is 30.6 Å². The van der Waals surface area contributed by atoms with Crippen LogP contribution in [0.4, 0.5) is 0 Å². The van der Waals surface area contributed by atoms with Crippen molar-refractivity contribution in [1.82, 2.24) is 14.8 Å². The number of aliphatic hydroxyl groups is 1. The van der Waals surface area contributed by atoms with Gasteiger partial charge in [0.1, 0.15) is 12.2 Å². The van der Waals surface area contributed by atoms with Crippen molar-refractivity contribution in [2.45, 2.75) is 32.2 Å². The van der Waals surface area contributed by atoms with Gasteiger partial charge in [0.15, 0.2) is 0 Å². The normalized spacial score (nSPS) is 12.6. The number of aromatic nitrogens is 3. The van der Waals surface area contributed by atoms with E-state index < -0.39 is 0 Å². The Kier molecular flexibility index (Phi) is 4.93. The Morgan fingerprint density at radius 2 is 2.26 bits per heavy atom. The van der Waals surface area contributed by atoms with Gasteiger partial charge in [-0.05, 0) is 24.1 Å². The molecule has 0 aliphatic rings. The molecule has 0 fully saturated rings. The predicted octanol–water partition coefficient (Wildman–Crippen LogP) is 2.66. The Balaban J connectivity index is 2.17. The minimum Gasteiger partial charge on any atom is -0.396 e. The van der Waals surface area contributed by atoms with E-state index in [0.29, 0.717) is 11.4 Å². The first kappa shape index (κ1) is 14.0. The van der Waals surface area contributed by atoms with Gasteiger partial charge in [0, 0.05) is 23.9 Å². The van der Waals surface area contributed by atoms with Crippen molar-refractivity contribution in [2.24, 2.45) is 0 Å². The monoisotopic (exact) mass is 279 g/mol. The van der Waals surface area contributed by atoms with Crippen LogP contribution >= 0.6 is 11.6 Å². The van der Waals surface area contributed by atoms with Crippen LogP contribution in [0.5, 0.6) is 0 Å². The molecule has 0 aliphatic heterocycles. The number of rotatable bonds is 6. The Bertz CT molecular complexity index is 527. The van der Waals surface area contributed by atoms with Crippen LogP contribution in [0.3, 0.4) is 0 Å². The number of nitrogens with zero attached hydrogens (tertiary/aromatic N) is 3. The van der Waals surface area contributed by atoms with E-state index in [-0.39, 0.29) is 12.5 Å². The molecule has 0 radical (unpaired) electrons. The molecule has 0 saturated carbocycles. The summed E-state index contributed by atoms with van der Waals surface area (Å²) < 4.78 is 1.90. The van der Waals surface area contributed by atoms with Gasteiger partial charge in [0.25, 0.3) is 0 Å². The molecule has 2 aromatic rings. The van der Waals surface area contributed by atoms with Gasteiger partial charge in [-0.15, -0.1) is 0 Å². The molecule has 1 aromatic carbocycles. The second-order valence-electron chi connectivity index (χ2n) is 4.54. The summed E-state index contributed by atoms with van der Waals surface area (Å²) in [4.78, 5) is 4.28. The summed E-state index contributed by atoms with van der Waals surface area (Å²) in [6.45, 7) is 3.02. The van der Waals surface area contributed by atoms with E-state index in [9.17, 15) is 5.11 Å². The van der Waals surface area contributed by atoms with Crippen LogP contribution in [0.1, 0.15) is 30.7 Å². The summed E-state index contributed by atoms with van der Waals surface area (Å²) in [6, 6.07) is 7.60. The van der Waals surface area contributed by atoms with Gasteiger partial charge in [-0.2, -0.15) is 5.10 Å². The molecule has 1 N–H and O–H groups in total. The molecule has 1 atom stereocenters. The topological polar surface area (TPSA) is 50.9 Å². The number of halogens is 1. The Morgan fingerprint density at radius 1 is 1.42 bits per heavy atom. The van der Waals surface area contributed by atoms with Crippen LogP contribution in [0.2, 0.25) is 5.02 Å². The number of benzene rings is 1. The summed E-state index contributed by atoms with van der Waals surface area (Å²) in [5.41, 5.74) is 1.03. The lowest BCUT2D eigenvalue weighted by Crippen LogP contribution is -2.13. The maximum Gasteiger partial charge on any atom is 0.138 e. The molecule has 0 aliphatic carbocycles. The van der Waals surface area contributed by atoms with E-state index in [1.165, 1.54) is 0 Å². The maximum atomic E-state index is 9.59. The van der Waals surface area contributed by atoms with Gasteiger partial charge in [0.2, 0.25) is 0 Å². The number of hydrogen-bond acceptors (Lipinski definition) is 3. The fourth-order valence-corrected chi connectivity index (χ4v) is 2.31. The third-order valence-electron chi connectivity index (χ3n) is 3.10.